The third-order valence-electron chi connectivity index (χ3n) is 3.22. The van der Waals surface area contributed by atoms with Gasteiger partial charge in [-0.3, -0.25) is 15.6 Å². The average molecular weight is 278 g/mol. The van der Waals surface area contributed by atoms with Crippen LogP contribution in [-0.2, 0) is 11.2 Å². The number of hydrazine groups is 1. The summed E-state index contributed by atoms with van der Waals surface area (Å²) < 4.78 is 0. The van der Waals surface area contributed by atoms with E-state index < -0.39 is 11.9 Å². The maximum absolute atomic E-state index is 10.8. The van der Waals surface area contributed by atoms with Gasteiger partial charge in [-0.25, -0.2) is 0 Å². The molecule has 1 aromatic carbocycles. The van der Waals surface area contributed by atoms with Gasteiger partial charge in [0, 0.05) is 13.1 Å². The van der Waals surface area contributed by atoms with Crippen LogP contribution in [0.5, 0.6) is 0 Å². The SMILES string of the molecule is C1CNNC1.CC(C)Cc1ccc(C(C)C(=O)O)cc1. The Kier molecular flexibility index (Phi) is 7.26. The molecule has 4 nitrogen and oxygen atoms in total. The van der Waals surface area contributed by atoms with Gasteiger partial charge in [0.1, 0.15) is 0 Å². The highest BCUT2D eigenvalue weighted by atomic mass is 16.4. The summed E-state index contributed by atoms with van der Waals surface area (Å²) in [6, 6.07) is 7.87. The second-order valence-electron chi connectivity index (χ2n) is 5.61. The number of rotatable bonds is 4. The van der Waals surface area contributed by atoms with Crippen molar-refractivity contribution in [3.05, 3.63) is 35.4 Å². The molecule has 0 bridgehead atoms. The van der Waals surface area contributed by atoms with Crippen LogP contribution < -0.4 is 10.9 Å². The van der Waals surface area contributed by atoms with Gasteiger partial charge in [0.25, 0.3) is 0 Å². The smallest absolute Gasteiger partial charge is 0.310 e. The molecule has 1 heterocycles. The number of nitrogens with one attached hydrogen (secondary N) is 2. The molecule has 20 heavy (non-hydrogen) atoms. The lowest BCUT2D eigenvalue weighted by atomic mass is 9.97. The van der Waals surface area contributed by atoms with Gasteiger partial charge in [0.15, 0.2) is 0 Å². The number of carbonyl (C=O) groups is 1. The van der Waals surface area contributed by atoms with Crippen molar-refractivity contribution in [3.8, 4) is 0 Å². The van der Waals surface area contributed by atoms with E-state index in [0.717, 1.165) is 25.1 Å². The van der Waals surface area contributed by atoms with Crippen LogP contribution in [0.1, 0.15) is 44.2 Å². The van der Waals surface area contributed by atoms with Gasteiger partial charge in [0.2, 0.25) is 0 Å². The lowest BCUT2D eigenvalue weighted by molar-refractivity contribution is -0.138. The van der Waals surface area contributed by atoms with Crippen molar-refractivity contribution in [1.82, 2.24) is 10.9 Å². The fraction of sp³-hybridized carbons (Fsp3) is 0.562. The maximum Gasteiger partial charge on any atom is 0.310 e. The second-order valence-corrected chi connectivity index (χ2v) is 5.61. The first-order chi connectivity index (χ1) is 9.50. The van der Waals surface area contributed by atoms with Crippen LogP contribution in [0.3, 0.4) is 0 Å². The predicted octanol–water partition coefficient (Wildman–Crippen LogP) is 2.56. The Labute approximate surface area is 121 Å². The summed E-state index contributed by atoms with van der Waals surface area (Å²) in [6.45, 7) is 8.33. The Bertz CT molecular complexity index is 390. The summed E-state index contributed by atoms with van der Waals surface area (Å²) in [6.07, 6.45) is 2.32. The number of hydrogen-bond acceptors (Lipinski definition) is 3. The summed E-state index contributed by atoms with van der Waals surface area (Å²) >= 11 is 0. The molecule has 112 valence electrons. The zero-order valence-electron chi connectivity index (χ0n) is 12.6. The van der Waals surface area contributed by atoms with Crippen LogP contribution >= 0.6 is 0 Å². The van der Waals surface area contributed by atoms with Crippen LogP contribution in [0, 0.1) is 5.92 Å². The van der Waals surface area contributed by atoms with Crippen molar-refractivity contribution in [2.24, 2.45) is 5.92 Å². The minimum absolute atomic E-state index is 0.418. The van der Waals surface area contributed by atoms with Gasteiger partial charge >= 0.3 is 5.97 Å². The molecule has 1 aromatic rings. The van der Waals surface area contributed by atoms with Crippen molar-refractivity contribution >= 4 is 5.97 Å². The summed E-state index contributed by atoms with van der Waals surface area (Å²) in [4.78, 5) is 10.8. The predicted molar refractivity (Wildman–Crippen MR) is 81.7 cm³/mol. The van der Waals surface area contributed by atoms with Crippen LogP contribution in [0.15, 0.2) is 24.3 Å². The molecule has 0 spiro atoms. The number of hydrogen-bond donors (Lipinski definition) is 3. The number of aliphatic carboxylic acids is 1. The molecule has 1 atom stereocenters. The molecule has 1 saturated heterocycles. The molecule has 4 heteroatoms. The monoisotopic (exact) mass is 278 g/mol. The quantitative estimate of drug-likeness (QED) is 0.792. The Hall–Kier alpha value is -1.39. The highest BCUT2D eigenvalue weighted by Crippen LogP contribution is 2.17. The summed E-state index contributed by atoms with van der Waals surface area (Å²) in [5.74, 6) is -0.558. The molecule has 1 unspecified atom stereocenters. The van der Waals surface area contributed by atoms with E-state index in [4.69, 9.17) is 5.11 Å². The van der Waals surface area contributed by atoms with Crippen molar-refractivity contribution < 1.29 is 9.90 Å². The standard InChI is InChI=1S/C13H18O2.C3H8N2/c1-9(2)8-11-4-6-12(7-5-11)10(3)13(14)15;1-2-4-5-3-1/h4-7,9-10H,8H2,1-3H3,(H,14,15);4-5H,1-3H2. The van der Waals surface area contributed by atoms with Gasteiger partial charge in [0.05, 0.1) is 5.92 Å². The van der Waals surface area contributed by atoms with Crippen LogP contribution in [0.4, 0.5) is 0 Å². The highest BCUT2D eigenvalue weighted by molar-refractivity contribution is 5.75. The summed E-state index contributed by atoms with van der Waals surface area (Å²) in [7, 11) is 0. The van der Waals surface area contributed by atoms with E-state index in [0.29, 0.717) is 5.92 Å². The molecule has 1 aliphatic rings. The topological polar surface area (TPSA) is 61.4 Å². The summed E-state index contributed by atoms with van der Waals surface area (Å²) in [5.41, 5.74) is 8.08. The summed E-state index contributed by atoms with van der Waals surface area (Å²) in [5, 5.41) is 8.85. The molecular weight excluding hydrogens is 252 g/mol. The van der Waals surface area contributed by atoms with Gasteiger partial charge in [-0.15, -0.1) is 0 Å². The zero-order chi connectivity index (χ0) is 15.0. The van der Waals surface area contributed by atoms with Crippen LogP contribution in [0.2, 0.25) is 0 Å². The van der Waals surface area contributed by atoms with Crippen LogP contribution in [-0.4, -0.2) is 24.2 Å². The van der Waals surface area contributed by atoms with Gasteiger partial charge in [-0.1, -0.05) is 38.1 Å². The second kappa shape index (κ2) is 8.72. The third-order valence-corrected chi connectivity index (χ3v) is 3.22. The van der Waals surface area contributed by atoms with Crippen molar-refractivity contribution in [2.75, 3.05) is 13.1 Å². The number of benzene rings is 1. The van der Waals surface area contributed by atoms with E-state index in [-0.39, 0.29) is 0 Å². The van der Waals surface area contributed by atoms with E-state index >= 15 is 0 Å². The van der Waals surface area contributed by atoms with E-state index in [1.54, 1.807) is 6.92 Å². The van der Waals surface area contributed by atoms with Crippen molar-refractivity contribution in [1.29, 1.82) is 0 Å². The lowest BCUT2D eigenvalue weighted by Crippen LogP contribution is -2.21. The van der Waals surface area contributed by atoms with Crippen LogP contribution in [0.25, 0.3) is 0 Å². The molecule has 1 aliphatic heterocycles. The Morgan fingerprint density at radius 3 is 2.05 bits per heavy atom. The lowest BCUT2D eigenvalue weighted by Gasteiger charge is -2.09. The van der Waals surface area contributed by atoms with Gasteiger partial charge in [-0.05, 0) is 36.8 Å². The fourth-order valence-corrected chi connectivity index (χ4v) is 2.00. The first-order valence-corrected chi connectivity index (χ1v) is 7.28. The Morgan fingerprint density at radius 2 is 1.70 bits per heavy atom. The number of carboxylic acid groups (broad SMARTS) is 1. The highest BCUT2D eigenvalue weighted by Gasteiger charge is 2.12. The Morgan fingerprint density at radius 1 is 1.15 bits per heavy atom. The van der Waals surface area contributed by atoms with E-state index in [9.17, 15) is 4.79 Å². The maximum atomic E-state index is 10.8. The van der Waals surface area contributed by atoms with E-state index in [2.05, 4.69) is 24.7 Å². The number of carboxylic acids is 1. The molecule has 0 aliphatic carbocycles. The molecule has 0 saturated carbocycles. The normalized spacial score (nSPS) is 15.6. The minimum atomic E-state index is -0.772. The fourth-order valence-electron chi connectivity index (χ4n) is 2.00. The zero-order valence-corrected chi connectivity index (χ0v) is 12.6. The molecule has 0 radical (unpaired) electrons. The van der Waals surface area contributed by atoms with E-state index in [1.807, 2.05) is 24.3 Å². The van der Waals surface area contributed by atoms with Crippen molar-refractivity contribution in [2.45, 2.75) is 39.5 Å². The first kappa shape index (κ1) is 16.7. The Balaban J connectivity index is 0.000000333. The minimum Gasteiger partial charge on any atom is -0.481 e. The van der Waals surface area contributed by atoms with Gasteiger partial charge < -0.3 is 5.11 Å². The molecule has 0 aromatic heterocycles. The molecular formula is C16H26N2O2. The molecule has 3 N–H and O–H groups in total. The third kappa shape index (κ3) is 6.17. The largest absolute Gasteiger partial charge is 0.481 e. The molecule has 0 amide bonds. The molecule has 2 rings (SSSR count). The van der Waals surface area contributed by atoms with E-state index in [1.165, 1.54) is 12.0 Å². The first-order valence-electron chi connectivity index (χ1n) is 7.28. The van der Waals surface area contributed by atoms with Crippen molar-refractivity contribution in [3.63, 3.8) is 0 Å². The van der Waals surface area contributed by atoms with Gasteiger partial charge in [-0.2, -0.15) is 0 Å². The molecule has 1 fully saturated rings. The average Bonchev–Trinajstić information content (AvgIpc) is 2.97.